The lowest BCUT2D eigenvalue weighted by Crippen LogP contribution is -2.32. The molecule has 1 atom stereocenters. The Hall–Kier alpha value is -0.300. The fourth-order valence-electron chi connectivity index (χ4n) is 2.67. The summed E-state index contributed by atoms with van der Waals surface area (Å²) in [4.78, 5) is 0. The molecular formula is C18H31ClNOP. The van der Waals surface area contributed by atoms with Crippen molar-refractivity contribution >= 4 is 18.9 Å². The maximum Gasteiger partial charge on any atom is 0.266 e. The van der Waals surface area contributed by atoms with E-state index in [2.05, 4.69) is 78.3 Å². The van der Waals surface area contributed by atoms with Gasteiger partial charge in [0.1, 0.15) is 5.75 Å². The highest BCUT2D eigenvalue weighted by atomic mass is 35.7. The molecule has 22 heavy (non-hydrogen) atoms. The molecule has 1 rings (SSSR count). The summed E-state index contributed by atoms with van der Waals surface area (Å²) in [5, 5.41) is 0. The van der Waals surface area contributed by atoms with Crippen LogP contribution < -0.4 is 4.52 Å². The van der Waals surface area contributed by atoms with Crippen molar-refractivity contribution in [2.45, 2.75) is 79.3 Å². The molecule has 0 aromatic heterocycles. The molecule has 0 aliphatic heterocycles. The predicted octanol–water partition coefficient (Wildman–Crippen LogP) is 6.90. The van der Waals surface area contributed by atoms with E-state index in [9.17, 15) is 0 Å². The average Bonchev–Trinajstić information content (AvgIpc) is 2.37. The third-order valence-corrected chi connectivity index (χ3v) is 6.08. The van der Waals surface area contributed by atoms with E-state index >= 15 is 0 Å². The van der Waals surface area contributed by atoms with Crippen LogP contribution in [0, 0.1) is 0 Å². The van der Waals surface area contributed by atoms with Gasteiger partial charge < -0.3 is 4.52 Å². The molecule has 0 bridgehead atoms. The molecule has 0 N–H and O–H groups in total. The van der Waals surface area contributed by atoms with Gasteiger partial charge in [-0.25, -0.2) is 4.67 Å². The van der Waals surface area contributed by atoms with Crippen LogP contribution in [0.4, 0.5) is 0 Å². The highest BCUT2D eigenvalue weighted by molar-refractivity contribution is 7.78. The van der Waals surface area contributed by atoms with Gasteiger partial charge in [0, 0.05) is 12.1 Å². The van der Waals surface area contributed by atoms with Crippen LogP contribution in [0.5, 0.6) is 5.75 Å². The minimum absolute atomic E-state index is 0.359. The zero-order valence-corrected chi connectivity index (χ0v) is 16.9. The molecule has 2 nitrogen and oxygen atoms in total. The van der Waals surface area contributed by atoms with Crippen LogP contribution in [0.1, 0.15) is 78.4 Å². The van der Waals surface area contributed by atoms with E-state index < -0.39 is 7.65 Å². The van der Waals surface area contributed by atoms with Gasteiger partial charge in [0.25, 0.3) is 7.65 Å². The first kappa shape index (κ1) is 19.7. The van der Waals surface area contributed by atoms with Crippen LogP contribution in [0.2, 0.25) is 0 Å². The van der Waals surface area contributed by atoms with Crippen LogP contribution in [-0.4, -0.2) is 16.8 Å². The maximum atomic E-state index is 6.69. The molecule has 0 aliphatic rings. The average molecular weight is 344 g/mol. The zero-order chi connectivity index (χ0) is 17.0. The molecule has 0 saturated carbocycles. The molecule has 0 saturated heterocycles. The SMILES string of the molecule is CC(C)c1cccc(C(C)C)c1OP(Cl)N(C(C)C)C(C)C. The number of halogens is 1. The second kappa shape index (κ2) is 8.52. The molecule has 0 spiro atoms. The van der Waals surface area contributed by atoms with Gasteiger partial charge in [-0.2, -0.15) is 0 Å². The molecule has 4 heteroatoms. The van der Waals surface area contributed by atoms with Crippen molar-refractivity contribution in [3.8, 4) is 5.75 Å². The molecule has 1 aromatic rings. The van der Waals surface area contributed by atoms with Crippen molar-refractivity contribution in [1.29, 1.82) is 0 Å². The number of hydrogen-bond acceptors (Lipinski definition) is 2. The Morgan fingerprint density at radius 2 is 1.27 bits per heavy atom. The van der Waals surface area contributed by atoms with Gasteiger partial charge in [0.15, 0.2) is 0 Å². The van der Waals surface area contributed by atoms with E-state index in [1.165, 1.54) is 11.1 Å². The highest BCUT2D eigenvalue weighted by Crippen LogP contribution is 2.52. The maximum absolute atomic E-state index is 6.69. The summed E-state index contributed by atoms with van der Waals surface area (Å²) in [5.41, 5.74) is 2.48. The highest BCUT2D eigenvalue weighted by Gasteiger charge is 2.27. The fourth-order valence-corrected chi connectivity index (χ4v) is 5.11. The first-order valence-electron chi connectivity index (χ1n) is 8.21. The van der Waals surface area contributed by atoms with E-state index in [1.54, 1.807) is 0 Å². The Kier molecular flexibility index (Phi) is 7.65. The third kappa shape index (κ3) is 4.85. The largest absolute Gasteiger partial charge is 0.444 e. The number of nitrogens with zero attached hydrogens (tertiary/aromatic N) is 1. The zero-order valence-electron chi connectivity index (χ0n) is 15.2. The Labute approximate surface area is 142 Å². The van der Waals surface area contributed by atoms with Crippen molar-refractivity contribution < 1.29 is 4.52 Å². The second-order valence-corrected chi connectivity index (χ2v) is 8.92. The van der Waals surface area contributed by atoms with E-state index in [0.29, 0.717) is 23.9 Å². The summed E-state index contributed by atoms with van der Waals surface area (Å²) in [6.07, 6.45) is 0. The van der Waals surface area contributed by atoms with E-state index in [1.807, 2.05) is 0 Å². The first-order chi connectivity index (χ1) is 10.2. The molecule has 0 heterocycles. The molecule has 1 unspecified atom stereocenters. The molecule has 0 amide bonds. The van der Waals surface area contributed by atoms with Crippen LogP contribution >= 0.6 is 18.9 Å². The van der Waals surface area contributed by atoms with Crippen molar-refractivity contribution in [2.75, 3.05) is 0 Å². The van der Waals surface area contributed by atoms with Gasteiger partial charge >= 0.3 is 0 Å². The molecular weight excluding hydrogens is 313 g/mol. The first-order valence-corrected chi connectivity index (χ1v) is 10.3. The van der Waals surface area contributed by atoms with E-state index in [0.717, 1.165) is 5.75 Å². The number of rotatable bonds is 7. The number of para-hydroxylation sites is 1. The Bertz CT molecular complexity index is 440. The van der Waals surface area contributed by atoms with Crippen molar-refractivity contribution in [3.05, 3.63) is 29.3 Å². The van der Waals surface area contributed by atoms with Crippen molar-refractivity contribution in [2.24, 2.45) is 0 Å². The van der Waals surface area contributed by atoms with Gasteiger partial charge in [-0.15, -0.1) is 0 Å². The number of benzene rings is 1. The Balaban J connectivity index is 3.19. The monoisotopic (exact) mass is 343 g/mol. The van der Waals surface area contributed by atoms with Gasteiger partial charge in [-0.1, -0.05) is 45.9 Å². The molecule has 0 aliphatic carbocycles. The van der Waals surface area contributed by atoms with Crippen LogP contribution in [0.15, 0.2) is 18.2 Å². The second-order valence-electron chi connectivity index (χ2n) is 6.96. The molecule has 1 aromatic carbocycles. The van der Waals surface area contributed by atoms with Crippen LogP contribution in [0.25, 0.3) is 0 Å². The number of hydrogen-bond donors (Lipinski definition) is 0. The molecule has 0 radical (unpaired) electrons. The van der Waals surface area contributed by atoms with Crippen LogP contribution in [-0.2, 0) is 0 Å². The Morgan fingerprint density at radius 3 is 1.59 bits per heavy atom. The summed E-state index contributed by atoms with van der Waals surface area (Å²) >= 11 is 6.69. The van der Waals surface area contributed by atoms with E-state index in [-0.39, 0.29) is 0 Å². The molecule has 126 valence electrons. The van der Waals surface area contributed by atoms with Crippen molar-refractivity contribution in [1.82, 2.24) is 4.67 Å². The lowest BCUT2D eigenvalue weighted by atomic mass is 9.94. The van der Waals surface area contributed by atoms with E-state index in [4.69, 9.17) is 15.8 Å². The normalized spacial score (nSPS) is 13.7. The standard InChI is InChI=1S/C18H31ClNOP/c1-12(2)16-10-9-11-17(13(3)4)18(16)21-22(19)20(14(5)6)15(7)8/h9-15H,1-8H3. The fraction of sp³-hybridized carbons (Fsp3) is 0.667. The Morgan fingerprint density at radius 1 is 0.864 bits per heavy atom. The molecule has 0 fully saturated rings. The lowest BCUT2D eigenvalue weighted by molar-refractivity contribution is 0.305. The topological polar surface area (TPSA) is 12.5 Å². The summed E-state index contributed by atoms with van der Waals surface area (Å²) < 4.78 is 8.59. The van der Waals surface area contributed by atoms with Gasteiger partial charge in [0.05, 0.1) is 0 Å². The van der Waals surface area contributed by atoms with Gasteiger partial charge in [-0.3, -0.25) is 0 Å². The quantitative estimate of drug-likeness (QED) is 0.499. The summed E-state index contributed by atoms with van der Waals surface area (Å²) in [6.45, 7) is 17.5. The predicted molar refractivity (Wildman–Crippen MR) is 100 cm³/mol. The minimum atomic E-state index is -1.18. The minimum Gasteiger partial charge on any atom is -0.444 e. The van der Waals surface area contributed by atoms with Gasteiger partial charge in [0.2, 0.25) is 0 Å². The van der Waals surface area contributed by atoms with Crippen LogP contribution in [0.3, 0.4) is 0 Å². The smallest absolute Gasteiger partial charge is 0.266 e. The third-order valence-electron chi connectivity index (χ3n) is 3.73. The lowest BCUT2D eigenvalue weighted by Gasteiger charge is -2.34. The van der Waals surface area contributed by atoms with Crippen molar-refractivity contribution in [3.63, 3.8) is 0 Å². The summed E-state index contributed by atoms with van der Waals surface area (Å²) in [6, 6.07) is 7.15. The summed E-state index contributed by atoms with van der Waals surface area (Å²) in [7, 11) is -1.18. The van der Waals surface area contributed by atoms with Gasteiger partial charge in [-0.05, 0) is 61.9 Å². The summed E-state index contributed by atoms with van der Waals surface area (Å²) in [5.74, 6) is 1.82.